The van der Waals surface area contributed by atoms with Crippen molar-refractivity contribution in [1.29, 1.82) is 0 Å². The second-order valence-corrected chi connectivity index (χ2v) is 6.97. The first kappa shape index (κ1) is 15.4. The zero-order valence-electron chi connectivity index (χ0n) is 10.4. The molecule has 0 aromatic rings. The summed E-state index contributed by atoms with van der Waals surface area (Å²) in [5.74, 6) is -0.617. The van der Waals surface area contributed by atoms with E-state index in [1.165, 1.54) is 6.92 Å². The van der Waals surface area contributed by atoms with Crippen molar-refractivity contribution in [1.82, 2.24) is 5.32 Å². The number of nitrogens with two attached hydrogens (primary N) is 1. The fraction of sp³-hybridized carbons (Fsp3) is 0.900. The van der Waals surface area contributed by atoms with Crippen molar-refractivity contribution in [3.8, 4) is 0 Å². The number of carbonyl (C=O) groups excluding carboxylic acids is 1. The lowest BCUT2D eigenvalue weighted by molar-refractivity contribution is -0.122. The van der Waals surface area contributed by atoms with Gasteiger partial charge in [-0.05, 0) is 27.2 Å². The van der Waals surface area contributed by atoms with Crippen molar-refractivity contribution >= 4 is 15.7 Å². The molecule has 0 rings (SSSR count). The fourth-order valence-corrected chi connectivity index (χ4v) is 2.09. The minimum atomic E-state index is -3.43. The molecule has 3 N–H and O–H groups in total. The van der Waals surface area contributed by atoms with Crippen LogP contribution in [0.4, 0.5) is 0 Å². The summed E-state index contributed by atoms with van der Waals surface area (Å²) < 4.78 is 23.2. The highest BCUT2D eigenvalue weighted by Crippen LogP contribution is 2.09. The molecule has 0 fully saturated rings. The largest absolute Gasteiger partial charge is 0.350 e. The van der Waals surface area contributed by atoms with Gasteiger partial charge in [-0.3, -0.25) is 4.79 Å². The van der Waals surface area contributed by atoms with Gasteiger partial charge in [-0.15, -0.1) is 0 Å². The van der Waals surface area contributed by atoms with E-state index >= 15 is 0 Å². The van der Waals surface area contributed by atoms with Crippen LogP contribution in [-0.2, 0) is 14.6 Å². The van der Waals surface area contributed by atoms with Crippen molar-refractivity contribution in [2.24, 2.45) is 5.73 Å². The maximum atomic E-state index is 11.7. The minimum absolute atomic E-state index is 0.0388. The normalized spacial score (nSPS) is 14.6. The Bertz CT molecular complexity index is 336. The van der Waals surface area contributed by atoms with Gasteiger partial charge in [-0.2, -0.15) is 0 Å². The SMILES string of the molecule is CCC(C)(C)NC(=O)C(C)S(=O)(=O)CCN. The molecule has 0 spiro atoms. The lowest BCUT2D eigenvalue weighted by atomic mass is 10.0. The molecule has 0 aliphatic heterocycles. The number of nitrogens with one attached hydrogen (secondary N) is 1. The first-order valence-electron chi connectivity index (χ1n) is 5.40. The van der Waals surface area contributed by atoms with Gasteiger partial charge >= 0.3 is 0 Å². The molecule has 0 bridgehead atoms. The van der Waals surface area contributed by atoms with Crippen LogP contribution >= 0.6 is 0 Å². The van der Waals surface area contributed by atoms with Crippen LogP contribution in [0, 0.1) is 0 Å². The first-order chi connectivity index (χ1) is 7.16. The molecule has 1 atom stereocenters. The molecule has 0 aromatic carbocycles. The number of sulfone groups is 1. The fourth-order valence-electron chi connectivity index (χ4n) is 1.03. The van der Waals surface area contributed by atoms with E-state index in [1.54, 1.807) is 0 Å². The van der Waals surface area contributed by atoms with Crippen molar-refractivity contribution in [2.75, 3.05) is 12.3 Å². The number of rotatable bonds is 6. The first-order valence-corrected chi connectivity index (χ1v) is 7.11. The van der Waals surface area contributed by atoms with Crippen molar-refractivity contribution < 1.29 is 13.2 Å². The average molecular weight is 250 g/mol. The Labute approximate surface area is 97.7 Å². The molecular formula is C10H22N2O3S. The van der Waals surface area contributed by atoms with Gasteiger partial charge in [0.2, 0.25) is 5.91 Å². The highest BCUT2D eigenvalue weighted by atomic mass is 32.2. The van der Waals surface area contributed by atoms with Crippen LogP contribution in [0.25, 0.3) is 0 Å². The standard InChI is InChI=1S/C10H22N2O3S/c1-5-10(3,4)12-9(13)8(2)16(14,15)7-6-11/h8H,5-7,11H2,1-4H3,(H,12,13). The molecule has 0 saturated carbocycles. The van der Waals surface area contributed by atoms with E-state index in [0.29, 0.717) is 0 Å². The summed E-state index contributed by atoms with van der Waals surface area (Å²) in [6, 6.07) is 0. The third kappa shape index (κ3) is 4.49. The minimum Gasteiger partial charge on any atom is -0.350 e. The number of carbonyl (C=O) groups is 1. The third-order valence-corrected chi connectivity index (χ3v) is 4.75. The van der Waals surface area contributed by atoms with Crippen LogP contribution in [0.1, 0.15) is 34.1 Å². The summed E-state index contributed by atoms with van der Waals surface area (Å²) in [6.07, 6.45) is 0.738. The van der Waals surface area contributed by atoms with Crippen LogP contribution < -0.4 is 11.1 Å². The van der Waals surface area contributed by atoms with E-state index in [-0.39, 0.29) is 17.8 Å². The summed E-state index contributed by atoms with van der Waals surface area (Å²) in [4.78, 5) is 11.7. The molecule has 1 unspecified atom stereocenters. The predicted molar refractivity (Wildman–Crippen MR) is 64.8 cm³/mol. The summed E-state index contributed by atoms with van der Waals surface area (Å²) in [5, 5.41) is 1.67. The molecule has 0 aliphatic carbocycles. The zero-order valence-corrected chi connectivity index (χ0v) is 11.2. The van der Waals surface area contributed by atoms with E-state index in [2.05, 4.69) is 5.32 Å². The Morgan fingerprint density at radius 1 is 1.44 bits per heavy atom. The summed E-state index contributed by atoms with van der Waals surface area (Å²) in [7, 11) is -3.43. The molecule has 0 aliphatic rings. The molecule has 96 valence electrons. The summed E-state index contributed by atoms with van der Waals surface area (Å²) >= 11 is 0. The zero-order chi connectivity index (χ0) is 13.0. The molecular weight excluding hydrogens is 228 g/mol. The molecule has 0 heterocycles. The third-order valence-electron chi connectivity index (χ3n) is 2.66. The Morgan fingerprint density at radius 3 is 2.31 bits per heavy atom. The van der Waals surface area contributed by atoms with Crippen LogP contribution in [-0.4, -0.2) is 37.4 Å². The van der Waals surface area contributed by atoms with Crippen molar-refractivity contribution in [2.45, 2.75) is 44.9 Å². The Hall–Kier alpha value is -0.620. The van der Waals surface area contributed by atoms with Gasteiger partial charge in [0, 0.05) is 12.1 Å². The highest BCUT2D eigenvalue weighted by Gasteiger charge is 2.30. The number of hydrogen-bond acceptors (Lipinski definition) is 4. The van der Waals surface area contributed by atoms with Gasteiger partial charge in [0.25, 0.3) is 0 Å². The monoisotopic (exact) mass is 250 g/mol. The number of hydrogen-bond donors (Lipinski definition) is 2. The van der Waals surface area contributed by atoms with Gasteiger partial charge in [0.05, 0.1) is 5.75 Å². The maximum absolute atomic E-state index is 11.7. The number of amides is 1. The second kappa shape index (κ2) is 5.63. The van der Waals surface area contributed by atoms with Gasteiger partial charge in [0.15, 0.2) is 9.84 Å². The van der Waals surface area contributed by atoms with E-state index in [0.717, 1.165) is 6.42 Å². The van der Waals surface area contributed by atoms with E-state index in [9.17, 15) is 13.2 Å². The smallest absolute Gasteiger partial charge is 0.238 e. The summed E-state index contributed by atoms with van der Waals surface area (Å²) in [5.41, 5.74) is 4.81. The lowest BCUT2D eigenvalue weighted by Crippen LogP contribution is -2.49. The average Bonchev–Trinajstić information content (AvgIpc) is 2.16. The van der Waals surface area contributed by atoms with Crippen molar-refractivity contribution in [3.05, 3.63) is 0 Å². The van der Waals surface area contributed by atoms with Crippen molar-refractivity contribution in [3.63, 3.8) is 0 Å². The van der Waals surface area contributed by atoms with Gasteiger partial charge in [-0.1, -0.05) is 6.92 Å². The predicted octanol–water partition coefficient (Wildman–Crippen LogP) is 0.0532. The van der Waals surface area contributed by atoms with Crippen LogP contribution in [0.3, 0.4) is 0 Å². The Kier molecular flexibility index (Phi) is 5.41. The van der Waals surface area contributed by atoms with E-state index in [1.807, 2.05) is 20.8 Å². The quantitative estimate of drug-likeness (QED) is 0.697. The maximum Gasteiger partial charge on any atom is 0.238 e. The molecule has 1 amide bonds. The van der Waals surface area contributed by atoms with E-state index in [4.69, 9.17) is 5.73 Å². The van der Waals surface area contributed by atoms with Gasteiger partial charge in [-0.25, -0.2) is 8.42 Å². The topological polar surface area (TPSA) is 89.3 Å². The molecule has 0 radical (unpaired) electrons. The lowest BCUT2D eigenvalue weighted by Gasteiger charge is -2.26. The van der Waals surface area contributed by atoms with Gasteiger partial charge in [0.1, 0.15) is 5.25 Å². The summed E-state index contributed by atoms with van der Waals surface area (Å²) in [6.45, 7) is 7.07. The van der Waals surface area contributed by atoms with E-state index < -0.39 is 21.0 Å². The highest BCUT2D eigenvalue weighted by molar-refractivity contribution is 7.92. The molecule has 6 heteroatoms. The van der Waals surface area contributed by atoms with Crippen LogP contribution in [0.15, 0.2) is 0 Å². The molecule has 0 saturated heterocycles. The Balaban J connectivity index is 4.64. The molecule has 16 heavy (non-hydrogen) atoms. The molecule has 5 nitrogen and oxygen atoms in total. The van der Waals surface area contributed by atoms with Crippen LogP contribution in [0.2, 0.25) is 0 Å². The second-order valence-electron chi connectivity index (χ2n) is 4.52. The van der Waals surface area contributed by atoms with Crippen LogP contribution in [0.5, 0.6) is 0 Å². The Morgan fingerprint density at radius 2 is 1.94 bits per heavy atom. The van der Waals surface area contributed by atoms with Gasteiger partial charge < -0.3 is 11.1 Å². The molecule has 0 aromatic heterocycles.